The molecule has 1 saturated heterocycles. The van der Waals surface area contributed by atoms with E-state index in [-0.39, 0.29) is 4.90 Å². The van der Waals surface area contributed by atoms with Gasteiger partial charge in [0.15, 0.2) is 0 Å². The van der Waals surface area contributed by atoms with Gasteiger partial charge in [-0.2, -0.15) is 0 Å². The first-order valence-electron chi connectivity index (χ1n) is 7.09. The highest BCUT2D eigenvalue weighted by molar-refractivity contribution is 7.89. The van der Waals surface area contributed by atoms with Gasteiger partial charge in [0.2, 0.25) is 10.0 Å². The Morgan fingerprint density at radius 3 is 2.76 bits per heavy atom. The number of nitrogens with two attached hydrogens (primary N) is 1. The van der Waals surface area contributed by atoms with Crippen LogP contribution in [0.5, 0.6) is 0 Å². The highest BCUT2D eigenvalue weighted by atomic mass is 32.2. The Labute approximate surface area is 127 Å². The van der Waals surface area contributed by atoms with Gasteiger partial charge < -0.3 is 15.5 Å². The molecule has 2 rings (SSSR count). The van der Waals surface area contributed by atoms with Crippen molar-refractivity contribution in [2.75, 3.05) is 44.9 Å². The van der Waals surface area contributed by atoms with Crippen molar-refractivity contribution in [3.8, 4) is 0 Å². The first-order chi connectivity index (χ1) is 9.85. The number of nitrogens with one attached hydrogen (secondary N) is 1. The standard InChI is InChI=1S/C14H24N4O2S/c1-16-21(19,20)12-6-7-13(15)14(9-12)18(3)11-5-4-8-17(2)10-11/h6-7,9,11,16H,4-5,8,10,15H2,1-3H3. The summed E-state index contributed by atoms with van der Waals surface area (Å²) in [5.41, 5.74) is 7.41. The number of likely N-dealkylation sites (tertiary alicyclic amines) is 1. The number of sulfonamides is 1. The first-order valence-corrected chi connectivity index (χ1v) is 8.58. The van der Waals surface area contributed by atoms with Gasteiger partial charge in [0, 0.05) is 19.6 Å². The Balaban J connectivity index is 2.32. The van der Waals surface area contributed by atoms with Crippen LogP contribution in [0, 0.1) is 0 Å². The summed E-state index contributed by atoms with van der Waals surface area (Å²) in [5.74, 6) is 0. The number of hydrogen-bond donors (Lipinski definition) is 2. The molecule has 1 aliphatic heterocycles. The average Bonchev–Trinajstić information content (AvgIpc) is 2.47. The molecule has 1 heterocycles. The van der Waals surface area contributed by atoms with Crippen molar-refractivity contribution in [1.82, 2.24) is 9.62 Å². The van der Waals surface area contributed by atoms with Gasteiger partial charge in [0.05, 0.1) is 16.3 Å². The van der Waals surface area contributed by atoms with E-state index < -0.39 is 10.0 Å². The summed E-state index contributed by atoms with van der Waals surface area (Å²) in [6, 6.07) is 5.18. The van der Waals surface area contributed by atoms with Crippen molar-refractivity contribution in [3.05, 3.63) is 18.2 Å². The summed E-state index contributed by atoms with van der Waals surface area (Å²) in [7, 11) is 2.03. The lowest BCUT2D eigenvalue weighted by Gasteiger charge is -2.37. The van der Waals surface area contributed by atoms with E-state index in [1.807, 2.05) is 7.05 Å². The normalized spacial score (nSPS) is 20.4. The van der Waals surface area contributed by atoms with Crippen molar-refractivity contribution in [2.45, 2.75) is 23.8 Å². The van der Waals surface area contributed by atoms with Crippen molar-refractivity contribution in [2.24, 2.45) is 0 Å². The van der Waals surface area contributed by atoms with Crippen LogP contribution in [-0.2, 0) is 10.0 Å². The van der Waals surface area contributed by atoms with Gasteiger partial charge in [-0.05, 0) is 51.7 Å². The molecule has 6 nitrogen and oxygen atoms in total. The molecule has 7 heteroatoms. The molecule has 0 aromatic heterocycles. The minimum Gasteiger partial charge on any atom is -0.397 e. The zero-order valence-corrected chi connectivity index (χ0v) is 13.7. The fourth-order valence-electron chi connectivity index (χ4n) is 2.77. The highest BCUT2D eigenvalue weighted by Crippen LogP contribution is 2.29. The third-order valence-electron chi connectivity index (χ3n) is 4.11. The Hall–Kier alpha value is -1.31. The largest absolute Gasteiger partial charge is 0.397 e. The predicted molar refractivity (Wildman–Crippen MR) is 86.0 cm³/mol. The smallest absolute Gasteiger partial charge is 0.240 e. The van der Waals surface area contributed by atoms with Crippen LogP contribution in [0.15, 0.2) is 23.1 Å². The lowest BCUT2D eigenvalue weighted by Crippen LogP contribution is -2.45. The topological polar surface area (TPSA) is 78.7 Å². The summed E-state index contributed by atoms with van der Waals surface area (Å²) >= 11 is 0. The molecule has 0 amide bonds. The monoisotopic (exact) mass is 312 g/mol. The van der Waals surface area contributed by atoms with E-state index in [9.17, 15) is 8.42 Å². The Kier molecular flexibility index (Phi) is 4.75. The fraction of sp³-hybridized carbons (Fsp3) is 0.571. The molecule has 0 spiro atoms. The lowest BCUT2D eigenvalue weighted by atomic mass is 10.0. The minimum absolute atomic E-state index is 0.241. The van der Waals surface area contributed by atoms with Crippen LogP contribution >= 0.6 is 0 Å². The second-order valence-electron chi connectivity index (χ2n) is 5.60. The molecule has 0 aliphatic carbocycles. The lowest BCUT2D eigenvalue weighted by molar-refractivity contribution is 0.248. The van der Waals surface area contributed by atoms with Gasteiger partial charge in [-0.3, -0.25) is 0 Å². The number of nitrogens with zero attached hydrogens (tertiary/aromatic N) is 2. The Bertz CT molecular complexity index is 603. The predicted octanol–water partition coefficient (Wildman–Crippen LogP) is 0.707. The SMILES string of the molecule is CNS(=O)(=O)c1ccc(N)c(N(C)C2CCCN(C)C2)c1. The molecule has 1 atom stereocenters. The molecule has 0 radical (unpaired) electrons. The molecule has 3 N–H and O–H groups in total. The number of piperidine rings is 1. The number of anilines is 2. The summed E-state index contributed by atoms with van der Waals surface area (Å²) in [6.07, 6.45) is 2.23. The van der Waals surface area contributed by atoms with E-state index in [2.05, 4.69) is 21.6 Å². The van der Waals surface area contributed by atoms with Gasteiger partial charge in [0.1, 0.15) is 0 Å². The van der Waals surface area contributed by atoms with Crippen LogP contribution in [-0.4, -0.2) is 53.6 Å². The zero-order valence-electron chi connectivity index (χ0n) is 12.8. The van der Waals surface area contributed by atoms with Gasteiger partial charge in [-0.15, -0.1) is 0 Å². The van der Waals surface area contributed by atoms with E-state index in [0.29, 0.717) is 11.7 Å². The zero-order chi connectivity index (χ0) is 15.6. The van der Waals surface area contributed by atoms with Crippen molar-refractivity contribution in [3.63, 3.8) is 0 Å². The van der Waals surface area contributed by atoms with E-state index in [0.717, 1.165) is 31.6 Å². The molecule has 1 aliphatic rings. The van der Waals surface area contributed by atoms with E-state index in [1.54, 1.807) is 12.1 Å². The number of nitrogen functional groups attached to an aromatic ring is 1. The number of hydrogen-bond acceptors (Lipinski definition) is 5. The first kappa shape index (κ1) is 16.1. The summed E-state index contributed by atoms with van der Waals surface area (Å²) in [6.45, 7) is 2.06. The summed E-state index contributed by atoms with van der Waals surface area (Å²) in [4.78, 5) is 4.62. The van der Waals surface area contributed by atoms with Crippen LogP contribution in [0.1, 0.15) is 12.8 Å². The minimum atomic E-state index is -3.46. The molecule has 1 aromatic rings. The molecule has 0 bridgehead atoms. The Morgan fingerprint density at radius 2 is 2.14 bits per heavy atom. The quantitative estimate of drug-likeness (QED) is 0.801. The van der Waals surface area contributed by atoms with E-state index >= 15 is 0 Å². The molecule has 118 valence electrons. The van der Waals surface area contributed by atoms with Gasteiger partial charge >= 0.3 is 0 Å². The molecular weight excluding hydrogens is 288 g/mol. The van der Waals surface area contributed by atoms with Crippen LogP contribution in [0.25, 0.3) is 0 Å². The van der Waals surface area contributed by atoms with E-state index in [1.165, 1.54) is 13.1 Å². The van der Waals surface area contributed by atoms with Crippen molar-refractivity contribution >= 4 is 21.4 Å². The molecular formula is C14H24N4O2S. The second kappa shape index (κ2) is 6.21. The van der Waals surface area contributed by atoms with Crippen molar-refractivity contribution < 1.29 is 8.42 Å². The molecule has 1 unspecified atom stereocenters. The maximum atomic E-state index is 11.9. The van der Waals surface area contributed by atoms with Gasteiger partial charge in [-0.25, -0.2) is 13.1 Å². The van der Waals surface area contributed by atoms with Gasteiger partial charge in [0.25, 0.3) is 0 Å². The van der Waals surface area contributed by atoms with Gasteiger partial charge in [-0.1, -0.05) is 0 Å². The fourth-order valence-corrected chi connectivity index (χ4v) is 3.52. The number of likely N-dealkylation sites (N-methyl/N-ethyl adjacent to an activating group) is 2. The molecule has 1 fully saturated rings. The third-order valence-corrected chi connectivity index (χ3v) is 5.52. The average molecular weight is 312 g/mol. The van der Waals surface area contributed by atoms with Crippen LogP contribution in [0.4, 0.5) is 11.4 Å². The van der Waals surface area contributed by atoms with E-state index in [4.69, 9.17) is 5.73 Å². The Morgan fingerprint density at radius 1 is 1.43 bits per heavy atom. The second-order valence-corrected chi connectivity index (χ2v) is 7.48. The third kappa shape index (κ3) is 3.48. The summed E-state index contributed by atoms with van der Waals surface area (Å²) in [5, 5.41) is 0. The molecule has 0 saturated carbocycles. The molecule has 21 heavy (non-hydrogen) atoms. The summed E-state index contributed by atoms with van der Waals surface area (Å²) < 4.78 is 26.2. The number of rotatable bonds is 4. The maximum Gasteiger partial charge on any atom is 0.240 e. The van der Waals surface area contributed by atoms with Crippen LogP contribution in [0.2, 0.25) is 0 Å². The highest BCUT2D eigenvalue weighted by Gasteiger charge is 2.23. The van der Waals surface area contributed by atoms with Crippen molar-refractivity contribution in [1.29, 1.82) is 0 Å². The van der Waals surface area contributed by atoms with Crippen LogP contribution in [0.3, 0.4) is 0 Å². The van der Waals surface area contributed by atoms with Crippen LogP contribution < -0.4 is 15.4 Å². The number of benzene rings is 1. The molecule has 1 aromatic carbocycles. The maximum absolute atomic E-state index is 11.9.